The maximum absolute atomic E-state index is 13.3. The molecule has 8 nitrogen and oxygen atoms in total. The van der Waals surface area contributed by atoms with E-state index in [1.165, 1.54) is 19.1 Å². The van der Waals surface area contributed by atoms with Crippen LogP contribution < -0.4 is 9.62 Å². The maximum atomic E-state index is 13.3. The summed E-state index contributed by atoms with van der Waals surface area (Å²) in [5.74, 6) is -1.40. The van der Waals surface area contributed by atoms with Crippen molar-refractivity contribution in [3.63, 3.8) is 0 Å². The summed E-state index contributed by atoms with van der Waals surface area (Å²) in [5, 5.41) is 2.67. The number of morpholine rings is 1. The molecule has 0 aliphatic carbocycles. The van der Waals surface area contributed by atoms with Crippen molar-refractivity contribution in [2.45, 2.75) is 13.0 Å². The minimum Gasteiger partial charge on any atom is -0.378 e. The predicted molar refractivity (Wildman–Crippen MR) is 115 cm³/mol. The van der Waals surface area contributed by atoms with Crippen LogP contribution in [-0.2, 0) is 19.6 Å². The SMILES string of the molecule is CC(C(=O)Nc1ccccc1C(=O)N1CCOCC1)N(c1ccc(F)cc1)S(C)(=O)=O. The van der Waals surface area contributed by atoms with E-state index in [2.05, 4.69) is 5.32 Å². The molecule has 0 spiro atoms. The number of carbonyl (C=O) groups excluding carboxylic acids is 2. The molecular formula is C21H24FN3O5S. The Morgan fingerprint density at radius 3 is 2.32 bits per heavy atom. The molecule has 1 fully saturated rings. The van der Waals surface area contributed by atoms with Gasteiger partial charge in [0.25, 0.3) is 5.91 Å². The quantitative estimate of drug-likeness (QED) is 0.729. The Labute approximate surface area is 180 Å². The van der Waals surface area contributed by atoms with Gasteiger partial charge in [0.2, 0.25) is 15.9 Å². The van der Waals surface area contributed by atoms with Gasteiger partial charge in [-0.25, -0.2) is 12.8 Å². The molecule has 0 saturated carbocycles. The van der Waals surface area contributed by atoms with Crippen molar-refractivity contribution in [1.29, 1.82) is 0 Å². The number of rotatable bonds is 6. The van der Waals surface area contributed by atoms with Crippen molar-refractivity contribution in [2.24, 2.45) is 0 Å². The Balaban J connectivity index is 1.84. The summed E-state index contributed by atoms with van der Waals surface area (Å²) in [6, 6.07) is 10.2. The molecule has 31 heavy (non-hydrogen) atoms. The third kappa shape index (κ3) is 5.39. The number of carbonyl (C=O) groups is 2. The first kappa shape index (κ1) is 22.7. The van der Waals surface area contributed by atoms with Crippen LogP contribution in [0.3, 0.4) is 0 Å². The van der Waals surface area contributed by atoms with Crippen LogP contribution in [-0.4, -0.2) is 63.7 Å². The van der Waals surface area contributed by atoms with Crippen LogP contribution in [0, 0.1) is 5.82 Å². The average molecular weight is 450 g/mol. The van der Waals surface area contributed by atoms with Gasteiger partial charge in [-0.3, -0.25) is 13.9 Å². The van der Waals surface area contributed by atoms with E-state index in [1.807, 2.05) is 0 Å². The molecule has 2 aromatic carbocycles. The van der Waals surface area contributed by atoms with Crippen molar-refractivity contribution < 1.29 is 27.1 Å². The number of para-hydroxylation sites is 1. The molecule has 166 valence electrons. The highest BCUT2D eigenvalue weighted by molar-refractivity contribution is 7.92. The van der Waals surface area contributed by atoms with Gasteiger partial charge in [0.05, 0.1) is 36.4 Å². The van der Waals surface area contributed by atoms with Crippen molar-refractivity contribution in [2.75, 3.05) is 42.2 Å². The molecule has 1 aliphatic heterocycles. The van der Waals surface area contributed by atoms with Gasteiger partial charge in [-0.15, -0.1) is 0 Å². The Morgan fingerprint density at radius 2 is 1.71 bits per heavy atom. The smallest absolute Gasteiger partial charge is 0.256 e. The van der Waals surface area contributed by atoms with E-state index in [9.17, 15) is 22.4 Å². The van der Waals surface area contributed by atoms with Gasteiger partial charge in [-0.1, -0.05) is 12.1 Å². The van der Waals surface area contributed by atoms with Gasteiger partial charge in [-0.05, 0) is 43.3 Å². The van der Waals surface area contributed by atoms with Crippen LogP contribution in [0.1, 0.15) is 17.3 Å². The number of sulfonamides is 1. The van der Waals surface area contributed by atoms with E-state index in [1.54, 1.807) is 29.2 Å². The number of anilines is 2. The summed E-state index contributed by atoms with van der Waals surface area (Å²) in [5.41, 5.74) is 0.741. The van der Waals surface area contributed by atoms with Crippen molar-refractivity contribution in [1.82, 2.24) is 4.90 Å². The molecular weight excluding hydrogens is 425 g/mol. The van der Waals surface area contributed by atoms with Gasteiger partial charge in [-0.2, -0.15) is 0 Å². The van der Waals surface area contributed by atoms with E-state index in [4.69, 9.17) is 4.74 Å². The Hall–Kier alpha value is -2.98. The van der Waals surface area contributed by atoms with Crippen LogP contribution in [0.4, 0.5) is 15.8 Å². The highest BCUT2D eigenvalue weighted by atomic mass is 32.2. The first-order valence-corrected chi connectivity index (χ1v) is 11.5. The lowest BCUT2D eigenvalue weighted by atomic mass is 10.1. The first-order valence-electron chi connectivity index (χ1n) is 9.70. The number of nitrogens with zero attached hydrogens (tertiary/aromatic N) is 2. The van der Waals surface area contributed by atoms with E-state index in [-0.39, 0.29) is 17.3 Å². The summed E-state index contributed by atoms with van der Waals surface area (Å²) in [6.45, 7) is 3.20. The van der Waals surface area contributed by atoms with Gasteiger partial charge in [0.1, 0.15) is 11.9 Å². The molecule has 1 atom stereocenters. The van der Waals surface area contributed by atoms with E-state index in [0.717, 1.165) is 22.7 Å². The second kappa shape index (κ2) is 9.44. The molecule has 10 heteroatoms. The molecule has 1 heterocycles. The zero-order valence-corrected chi connectivity index (χ0v) is 18.1. The van der Waals surface area contributed by atoms with E-state index in [0.29, 0.717) is 31.9 Å². The highest BCUT2D eigenvalue weighted by Gasteiger charge is 2.30. The van der Waals surface area contributed by atoms with Crippen molar-refractivity contribution in [3.8, 4) is 0 Å². The summed E-state index contributed by atoms with van der Waals surface area (Å²) in [4.78, 5) is 27.5. The monoisotopic (exact) mass is 449 g/mol. The van der Waals surface area contributed by atoms with Gasteiger partial charge >= 0.3 is 0 Å². The summed E-state index contributed by atoms with van der Waals surface area (Å²) < 4.78 is 44.2. The summed E-state index contributed by atoms with van der Waals surface area (Å²) in [6.07, 6.45) is 0.968. The van der Waals surface area contributed by atoms with E-state index < -0.39 is 27.8 Å². The normalized spacial score (nSPS) is 15.3. The summed E-state index contributed by atoms with van der Waals surface area (Å²) >= 11 is 0. The van der Waals surface area contributed by atoms with Crippen molar-refractivity contribution >= 4 is 33.2 Å². The van der Waals surface area contributed by atoms with Gasteiger partial charge in [0, 0.05) is 13.1 Å². The molecule has 1 N–H and O–H groups in total. The Morgan fingerprint density at radius 1 is 1.10 bits per heavy atom. The fraction of sp³-hybridized carbons (Fsp3) is 0.333. The fourth-order valence-corrected chi connectivity index (χ4v) is 4.52. The largest absolute Gasteiger partial charge is 0.378 e. The van der Waals surface area contributed by atoms with Crippen LogP contribution in [0.5, 0.6) is 0 Å². The van der Waals surface area contributed by atoms with Crippen LogP contribution in [0.15, 0.2) is 48.5 Å². The summed E-state index contributed by atoms with van der Waals surface area (Å²) in [7, 11) is -3.85. The average Bonchev–Trinajstić information content (AvgIpc) is 2.75. The number of hydrogen-bond donors (Lipinski definition) is 1. The molecule has 2 amide bonds. The second-order valence-electron chi connectivity index (χ2n) is 7.15. The molecule has 1 aliphatic rings. The van der Waals surface area contributed by atoms with Crippen molar-refractivity contribution in [3.05, 3.63) is 59.9 Å². The Bertz CT molecular complexity index is 1050. The number of nitrogens with one attached hydrogen (secondary N) is 1. The highest BCUT2D eigenvalue weighted by Crippen LogP contribution is 2.23. The topological polar surface area (TPSA) is 96.0 Å². The van der Waals surface area contributed by atoms with Crippen LogP contribution in [0.25, 0.3) is 0 Å². The van der Waals surface area contributed by atoms with E-state index >= 15 is 0 Å². The zero-order chi connectivity index (χ0) is 22.6. The lowest BCUT2D eigenvalue weighted by molar-refractivity contribution is -0.116. The molecule has 0 aromatic heterocycles. The predicted octanol–water partition coefficient (Wildman–Crippen LogP) is 2.09. The second-order valence-corrected chi connectivity index (χ2v) is 9.01. The standard InChI is InChI=1S/C21H24FN3O5S/c1-15(25(31(2,28)29)17-9-7-16(22)8-10-17)20(26)23-19-6-4-3-5-18(19)21(27)24-11-13-30-14-12-24/h3-10,15H,11-14H2,1-2H3,(H,23,26). The Kier molecular flexibility index (Phi) is 6.91. The lowest BCUT2D eigenvalue weighted by Gasteiger charge is -2.29. The van der Waals surface area contributed by atoms with Gasteiger partial charge in [0.15, 0.2) is 0 Å². The lowest BCUT2D eigenvalue weighted by Crippen LogP contribution is -2.45. The zero-order valence-electron chi connectivity index (χ0n) is 17.2. The maximum Gasteiger partial charge on any atom is 0.256 e. The number of benzene rings is 2. The number of amides is 2. The minimum absolute atomic E-state index is 0.157. The molecule has 3 rings (SSSR count). The molecule has 0 radical (unpaired) electrons. The number of hydrogen-bond acceptors (Lipinski definition) is 5. The third-order valence-corrected chi connectivity index (χ3v) is 6.12. The molecule has 0 bridgehead atoms. The fourth-order valence-electron chi connectivity index (χ4n) is 3.35. The number of ether oxygens (including phenoxy) is 1. The van der Waals surface area contributed by atoms with Crippen LogP contribution in [0.2, 0.25) is 0 Å². The molecule has 1 unspecified atom stereocenters. The molecule has 2 aromatic rings. The molecule has 1 saturated heterocycles. The third-order valence-electron chi connectivity index (χ3n) is 4.88. The van der Waals surface area contributed by atoms with Gasteiger partial charge < -0.3 is 15.0 Å². The number of halogens is 1. The minimum atomic E-state index is -3.85. The van der Waals surface area contributed by atoms with Crippen LogP contribution >= 0.6 is 0 Å². The first-order chi connectivity index (χ1) is 14.7.